The summed E-state index contributed by atoms with van der Waals surface area (Å²) >= 11 is 7.34. The number of nitrogens with zero attached hydrogens (tertiary/aromatic N) is 1. The molecule has 2 rings (SSSR count). The van der Waals surface area contributed by atoms with Crippen LogP contribution in [-0.2, 0) is 13.0 Å². The Morgan fingerprint density at radius 1 is 1.47 bits per heavy atom. The Morgan fingerprint density at radius 3 is 2.84 bits per heavy atom. The van der Waals surface area contributed by atoms with Gasteiger partial charge < -0.3 is 10.4 Å². The number of aryl methyl sites for hydroxylation is 1. The summed E-state index contributed by atoms with van der Waals surface area (Å²) in [4.78, 5) is 16.5. The molecule has 0 fully saturated rings. The molecule has 2 aromatic heterocycles. The number of thiophene rings is 1. The average Bonchev–Trinajstić information content (AvgIpc) is 2.81. The smallest absolute Gasteiger partial charge is 0.335 e. The zero-order valence-corrected chi connectivity index (χ0v) is 11.9. The van der Waals surface area contributed by atoms with E-state index in [1.54, 1.807) is 6.07 Å². The van der Waals surface area contributed by atoms with Gasteiger partial charge in [0.25, 0.3) is 0 Å². The summed E-state index contributed by atoms with van der Waals surface area (Å²) in [5.74, 6) is -0.374. The van der Waals surface area contributed by atoms with Gasteiger partial charge in [-0.3, -0.25) is 0 Å². The molecule has 0 radical (unpaired) electrons. The number of rotatable bonds is 5. The minimum absolute atomic E-state index is 0.249. The van der Waals surface area contributed by atoms with Gasteiger partial charge in [0.15, 0.2) is 0 Å². The van der Waals surface area contributed by atoms with Gasteiger partial charge in [-0.15, -0.1) is 11.3 Å². The van der Waals surface area contributed by atoms with Crippen molar-refractivity contribution in [1.29, 1.82) is 0 Å². The molecule has 2 aromatic rings. The number of carbonyl (C=O) groups is 1. The molecule has 2 heterocycles. The SMILES string of the molecule is CCc1cc(C(=O)O)cc(NCc2ccc(Cl)s2)n1. The van der Waals surface area contributed by atoms with E-state index in [-0.39, 0.29) is 5.56 Å². The molecule has 6 heteroatoms. The molecule has 19 heavy (non-hydrogen) atoms. The van der Waals surface area contributed by atoms with Crippen molar-refractivity contribution < 1.29 is 9.90 Å². The van der Waals surface area contributed by atoms with E-state index in [4.69, 9.17) is 16.7 Å². The second-order valence-corrected chi connectivity index (χ2v) is 5.75. The predicted molar refractivity (Wildman–Crippen MR) is 77.2 cm³/mol. The first-order valence-electron chi connectivity index (χ1n) is 5.81. The van der Waals surface area contributed by atoms with E-state index in [1.165, 1.54) is 17.4 Å². The van der Waals surface area contributed by atoms with Crippen LogP contribution in [0.15, 0.2) is 24.3 Å². The fourth-order valence-corrected chi connectivity index (χ4v) is 2.63. The van der Waals surface area contributed by atoms with Crippen LogP contribution >= 0.6 is 22.9 Å². The summed E-state index contributed by atoms with van der Waals surface area (Å²) in [5.41, 5.74) is 1.00. The molecule has 0 saturated heterocycles. The van der Waals surface area contributed by atoms with Gasteiger partial charge >= 0.3 is 5.97 Å². The largest absolute Gasteiger partial charge is 0.478 e. The standard InChI is InChI=1S/C13H13ClN2O2S/c1-2-9-5-8(13(17)18)6-12(16-9)15-7-10-3-4-11(14)19-10/h3-6H,2,7H2,1H3,(H,15,16)(H,17,18). The fourth-order valence-electron chi connectivity index (χ4n) is 1.61. The van der Waals surface area contributed by atoms with Gasteiger partial charge in [0, 0.05) is 10.6 Å². The fraction of sp³-hybridized carbons (Fsp3) is 0.231. The summed E-state index contributed by atoms with van der Waals surface area (Å²) in [7, 11) is 0. The zero-order chi connectivity index (χ0) is 13.8. The van der Waals surface area contributed by atoms with E-state index in [1.807, 2.05) is 19.1 Å². The molecule has 0 bridgehead atoms. The number of halogens is 1. The number of hydrogen-bond acceptors (Lipinski definition) is 4. The Labute approximate surface area is 120 Å². The Kier molecular flexibility index (Phi) is 4.39. The summed E-state index contributed by atoms with van der Waals surface area (Å²) in [6, 6.07) is 6.90. The topological polar surface area (TPSA) is 62.2 Å². The van der Waals surface area contributed by atoms with Gasteiger partial charge in [0.1, 0.15) is 5.82 Å². The van der Waals surface area contributed by atoms with Crippen molar-refractivity contribution >= 4 is 34.7 Å². The minimum Gasteiger partial charge on any atom is -0.478 e. The highest BCUT2D eigenvalue weighted by molar-refractivity contribution is 7.16. The number of aromatic nitrogens is 1. The highest BCUT2D eigenvalue weighted by Crippen LogP contribution is 2.22. The number of carboxylic acids is 1. The van der Waals surface area contributed by atoms with Crippen LogP contribution in [0.2, 0.25) is 4.34 Å². The lowest BCUT2D eigenvalue weighted by atomic mass is 10.2. The highest BCUT2D eigenvalue weighted by Gasteiger charge is 2.08. The third-order valence-corrected chi connectivity index (χ3v) is 3.79. The first-order chi connectivity index (χ1) is 9.08. The van der Waals surface area contributed by atoms with Crippen LogP contribution in [0.1, 0.15) is 27.9 Å². The van der Waals surface area contributed by atoms with Gasteiger partial charge in [0.2, 0.25) is 0 Å². The van der Waals surface area contributed by atoms with Crippen LogP contribution in [0, 0.1) is 0 Å². The van der Waals surface area contributed by atoms with Crippen molar-refractivity contribution in [2.75, 3.05) is 5.32 Å². The highest BCUT2D eigenvalue weighted by atomic mass is 35.5. The molecule has 100 valence electrons. The lowest BCUT2D eigenvalue weighted by Crippen LogP contribution is -2.05. The molecule has 0 amide bonds. The predicted octanol–water partition coefficient (Wildman–Crippen LogP) is 3.67. The summed E-state index contributed by atoms with van der Waals surface area (Å²) in [6.45, 7) is 2.52. The van der Waals surface area contributed by atoms with E-state index in [0.717, 1.165) is 14.9 Å². The number of hydrogen-bond donors (Lipinski definition) is 2. The van der Waals surface area contributed by atoms with E-state index in [9.17, 15) is 4.79 Å². The average molecular weight is 297 g/mol. The maximum atomic E-state index is 11.0. The van der Waals surface area contributed by atoms with Crippen molar-refractivity contribution in [2.45, 2.75) is 19.9 Å². The second kappa shape index (κ2) is 6.04. The summed E-state index contributed by atoms with van der Waals surface area (Å²) in [5, 5.41) is 12.2. The third-order valence-electron chi connectivity index (χ3n) is 2.56. The van der Waals surface area contributed by atoms with Crippen molar-refractivity contribution in [3.05, 3.63) is 44.7 Å². The number of carboxylic acid groups (broad SMARTS) is 1. The molecule has 0 aliphatic rings. The molecule has 0 aliphatic carbocycles. The van der Waals surface area contributed by atoms with Crippen LogP contribution in [0.4, 0.5) is 5.82 Å². The second-order valence-electron chi connectivity index (χ2n) is 3.95. The molecule has 2 N–H and O–H groups in total. The van der Waals surface area contributed by atoms with Crippen molar-refractivity contribution in [1.82, 2.24) is 4.98 Å². The Bertz CT molecular complexity index is 598. The molecular weight excluding hydrogens is 284 g/mol. The molecule has 0 aromatic carbocycles. The lowest BCUT2D eigenvalue weighted by molar-refractivity contribution is 0.0696. The summed E-state index contributed by atoms with van der Waals surface area (Å²) < 4.78 is 0.735. The van der Waals surface area contributed by atoms with Crippen LogP contribution in [0.5, 0.6) is 0 Å². The lowest BCUT2D eigenvalue weighted by Gasteiger charge is -2.07. The molecule has 4 nitrogen and oxygen atoms in total. The summed E-state index contributed by atoms with van der Waals surface area (Å²) in [6.07, 6.45) is 0.695. The minimum atomic E-state index is -0.945. The first-order valence-corrected chi connectivity index (χ1v) is 7.00. The van der Waals surface area contributed by atoms with Gasteiger partial charge in [-0.2, -0.15) is 0 Å². The van der Waals surface area contributed by atoms with E-state index in [2.05, 4.69) is 10.3 Å². The van der Waals surface area contributed by atoms with Crippen LogP contribution < -0.4 is 5.32 Å². The Balaban J connectivity index is 2.15. The Morgan fingerprint density at radius 2 is 2.26 bits per heavy atom. The van der Waals surface area contributed by atoms with E-state index < -0.39 is 5.97 Å². The quantitative estimate of drug-likeness (QED) is 0.884. The van der Waals surface area contributed by atoms with Crippen LogP contribution in [0.25, 0.3) is 0 Å². The number of pyridine rings is 1. The van der Waals surface area contributed by atoms with E-state index in [0.29, 0.717) is 18.8 Å². The van der Waals surface area contributed by atoms with Gasteiger partial charge in [-0.05, 0) is 30.7 Å². The molecule has 0 saturated carbocycles. The first kappa shape index (κ1) is 13.8. The maximum Gasteiger partial charge on any atom is 0.335 e. The number of nitrogens with one attached hydrogen (secondary N) is 1. The maximum absolute atomic E-state index is 11.0. The van der Waals surface area contributed by atoms with Crippen LogP contribution in [-0.4, -0.2) is 16.1 Å². The molecule has 0 atom stereocenters. The normalized spacial score (nSPS) is 10.4. The van der Waals surface area contributed by atoms with Gasteiger partial charge in [-0.1, -0.05) is 18.5 Å². The van der Waals surface area contributed by atoms with Gasteiger partial charge in [0.05, 0.1) is 16.4 Å². The van der Waals surface area contributed by atoms with Crippen LogP contribution in [0.3, 0.4) is 0 Å². The Hall–Kier alpha value is -1.59. The third kappa shape index (κ3) is 3.68. The van der Waals surface area contributed by atoms with E-state index >= 15 is 0 Å². The van der Waals surface area contributed by atoms with Crippen molar-refractivity contribution in [3.63, 3.8) is 0 Å². The number of anilines is 1. The monoisotopic (exact) mass is 296 g/mol. The number of aromatic carboxylic acids is 1. The van der Waals surface area contributed by atoms with Gasteiger partial charge in [-0.25, -0.2) is 9.78 Å². The van der Waals surface area contributed by atoms with Crippen molar-refractivity contribution in [2.24, 2.45) is 0 Å². The van der Waals surface area contributed by atoms with Crippen molar-refractivity contribution in [3.8, 4) is 0 Å². The molecule has 0 spiro atoms. The molecular formula is C13H13ClN2O2S. The molecule has 0 unspecified atom stereocenters. The zero-order valence-electron chi connectivity index (χ0n) is 10.3. The molecule has 0 aliphatic heterocycles.